The zero-order valence-electron chi connectivity index (χ0n) is 16.3. The Hall–Kier alpha value is -3.47. The fourth-order valence-electron chi connectivity index (χ4n) is 2.80. The van der Waals surface area contributed by atoms with Crippen LogP contribution in [0.3, 0.4) is 0 Å². The number of benzene rings is 1. The highest BCUT2D eigenvalue weighted by Crippen LogP contribution is 2.26. The van der Waals surface area contributed by atoms with Crippen molar-refractivity contribution in [3.05, 3.63) is 65.0 Å². The monoisotopic (exact) mass is 452 g/mol. The summed E-state index contributed by atoms with van der Waals surface area (Å²) in [6.07, 6.45) is 2.33. The number of amides is 2. The number of carbonyl (C=O) groups excluding carboxylic acids is 2. The van der Waals surface area contributed by atoms with Crippen LogP contribution in [0.15, 0.2) is 60.1 Å². The van der Waals surface area contributed by atoms with Gasteiger partial charge >= 0.3 is 6.36 Å². The van der Waals surface area contributed by atoms with E-state index in [0.717, 1.165) is 12.1 Å². The summed E-state index contributed by atoms with van der Waals surface area (Å²) in [7, 11) is 1.56. The average Bonchev–Trinajstić information content (AvgIpc) is 3.21. The molecule has 0 saturated carbocycles. The molecule has 1 aromatic carbocycles. The Kier molecular flexibility index (Phi) is 6.85. The van der Waals surface area contributed by atoms with Gasteiger partial charge in [-0.15, -0.1) is 24.5 Å². The molecule has 2 aromatic rings. The lowest BCUT2D eigenvalue weighted by Crippen LogP contribution is -2.44. The average molecular weight is 452 g/mol. The molecule has 2 amide bonds. The van der Waals surface area contributed by atoms with Gasteiger partial charge in [-0.05, 0) is 41.8 Å². The van der Waals surface area contributed by atoms with E-state index in [1.165, 1.54) is 23.5 Å². The normalized spacial score (nSPS) is 15.5. The molecule has 0 aliphatic carbocycles. The topological polar surface area (TPSA) is 82.7 Å². The van der Waals surface area contributed by atoms with Gasteiger partial charge in [0.05, 0.1) is 12.4 Å². The number of ether oxygens (including phenoxy) is 1. The van der Waals surface area contributed by atoms with Crippen LogP contribution in [0.2, 0.25) is 0 Å². The number of likely N-dealkylation sites (N-methyl/N-ethyl adjacent to an activating group) is 1. The van der Waals surface area contributed by atoms with Gasteiger partial charge in [0.25, 0.3) is 5.91 Å². The molecule has 7 nitrogen and oxygen atoms in total. The van der Waals surface area contributed by atoms with Crippen molar-refractivity contribution in [2.75, 3.05) is 24.3 Å². The van der Waals surface area contributed by atoms with Gasteiger partial charge in [-0.25, -0.2) is 0 Å². The van der Waals surface area contributed by atoms with Gasteiger partial charge in [-0.2, -0.15) is 0 Å². The minimum absolute atomic E-state index is 0.163. The Morgan fingerprint density at radius 2 is 1.90 bits per heavy atom. The van der Waals surface area contributed by atoms with Gasteiger partial charge in [0.15, 0.2) is 0 Å². The van der Waals surface area contributed by atoms with Crippen molar-refractivity contribution < 1.29 is 27.5 Å². The fraction of sp³-hybridized carbons (Fsp3) is 0.200. The molecule has 3 N–H and O–H groups in total. The molecule has 0 saturated heterocycles. The van der Waals surface area contributed by atoms with Crippen LogP contribution < -0.4 is 20.7 Å². The second kappa shape index (κ2) is 9.56. The minimum Gasteiger partial charge on any atom is -0.406 e. The van der Waals surface area contributed by atoms with Gasteiger partial charge in [0.2, 0.25) is 5.91 Å². The molecule has 1 aliphatic rings. The zero-order valence-corrected chi connectivity index (χ0v) is 17.1. The first-order valence-corrected chi connectivity index (χ1v) is 9.95. The molecule has 0 spiro atoms. The molecule has 2 heterocycles. The highest BCUT2D eigenvalue weighted by Gasteiger charge is 2.31. The maximum Gasteiger partial charge on any atom is 0.573 e. The number of thiophene rings is 1. The smallest absolute Gasteiger partial charge is 0.406 e. The molecule has 3 rings (SSSR count). The van der Waals surface area contributed by atoms with Crippen LogP contribution in [0.5, 0.6) is 5.75 Å². The van der Waals surface area contributed by atoms with Gasteiger partial charge < -0.3 is 25.6 Å². The first kappa shape index (κ1) is 22.2. The molecule has 1 aliphatic heterocycles. The second-order valence-corrected chi connectivity index (χ2v) is 7.24. The number of nitrogens with one attached hydrogen (secondary N) is 3. The maximum absolute atomic E-state index is 12.6. The summed E-state index contributed by atoms with van der Waals surface area (Å²) in [5.74, 6) is -0.958. The lowest BCUT2D eigenvalue weighted by Gasteiger charge is -2.29. The van der Waals surface area contributed by atoms with E-state index in [-0.39, 0.29) is 18.3 Å². The SMILES string of the molecule is CNC(=O)C1C=CC=CN1CNc1ccsc1C(=O)Nc1ccc(OC(F)(F)F)cc1. The number of nitrogens with zero attached hydrogens (tertiary/aromatic N) is 1. The van der Waals surface area contributed by atoms with Gasteiger partial charge in [0.1, 0.15) is 16.7 Å². The van der Waals surface area contributed by atoms with Gasteiger partial charge in [-0.3, -0.25) is 9.59 Å². The zero-order chi connectivity index (χ0) is 22.4. The summed E-state index contributed by atoms with van der Waals surface area (Å²) in [6, 6.07) is 6.13. The van der Waals surface area contributed by atoms with E-state index >= 15 is 0 Å². The summed E-state index contributed by atoms with van der Waals surface area (Å²) >= 11 is 1.21. The van der Waals surface area contributed by atoms with Crippen LogP contribution in [-0.4, -0.2) is 42.8 Å². The summed E-state index contributed by atoms with van der Waals surface area (Å²) in [5, 5.41) is 10.1. The summed E-state index contributed by atoms with van der Waals surface area (Å²) in [5.41, 5.74) is 0.890. The number of hydrogen-bond donors (Lipinski definition) is 3. The van der Waals surface area contributed by atoms with Crippen molar-refractivity contribution in [3.8, 4) is 5.75 Å². The van der Waals surface area contributed by atoms with Gasteiger partial charge in [0, 0.05) is 18.9 Å². The van der Waals surface area contributed by atoms with Crippen molar-refractivity contribution in [3.63, 3.8) is 0 Å². The van der Waals surface area contributed by atoms with E-state index in [2.05, 4.69) is 20.7 Å². The molecule has 1 unspecified atom stereocenters. The van der Waals surface area contributed by atoms with E-state index in [4.69, 9.17) is 0 Å². The van der Waals surface area contributed by atoms with Crippen molar-refractivity contribution in [1.29, 1.82) is 0 Å². The van der Waals surface area contributed by atoms with Gasteiger partial charge in [-0.1, -0.05) is 12.2 Å². The summed E-state index contributed by atoms with van der Waals surface area (Å²) in [4.78, 5) is 26.8. The summed E-state index contributed by atoms with van der Waals surface area (Å²) < 4.78 is 40.6. The largest absolute Gasteiger partial charge is 0.573 e. The van der Waals surface area contributed by atoms with Crippen molar-refractivity contribution in [2.24, 2.45) is 0 Å². The molecule has 1 atom stereocenters. The number of rotatable bonds is 7. The molecule has 11 heteroatoms. The van der Waals surface area contributed by atoms with Crippen LogP contribution in [-0.2, 0) is 4.79 Å². The molecule has 0 bridgehead atoms. The van der Waals surface area contributed by atoms with Crippen molar-refractivity contribution >= 4 is 34.5 Å². The van der Waals surface area contributed by atoms with E-state index in [1.54, 1.807) is 47.8 Å². The Morgan fingerprint density at radius 3 is 2.58 bits per heavy atom. The third-order valence-electron chi connectivity index (χ3n) is 4.22. The quantitative estimate of drug-likeness (QED) is 0.596. The lowest BCUT2D eigenvalue weighted by molar-refractivity contribution is -0.274. The van der Waals surface area contributed by atoms with Crippen LogP contribution in [0.4, 0.5) is 24.5 Å². The number of halogens is 3. The van der Waals surface area contributed by atoms with Crippen LogP contribution in [0, 0.1) is 0 Å². The Labute approximate surface area is 180 Å². The van der Waals surface area contributed by atoms with E-state index in [9.17, 15) is 22.8 Å². The molecule has 31 heavy (non-hydrogen) atoms. The van der Waals surface area contributed by atoms with E-state index in [1.807, 2.05) is 0 Å². The Balaban J connectivity index is 1.62. The molecule has 1 aromatic heterocycles. The third-order valence-corrected chi connectivity index (χ3v) is 5.14. The van der Waals surface area contributed by atoms with Crippen LogP contribution in [0.25, 0.3) is 0 Å². The predicted molar refractivity (Wildman–Crippen MR) is 112 cm³/mol. The molecule has 0 fully saturated rings. The number of anilines is 2. The number of hydrogen-bond acceptors (Lipinski definition) is 6. The molecular weight excluding hydrogens is 433 g/mol. The highest BCUT2D eigenvalue weighted by molar-refractivity contribution is 7.12. The van der Waals surface area contributed by atoms with Crippen LogP contribution in [0.1, 0.15) is 9.67 Å². The van der Waals surface area contributed by atoms with Crippen molar-refractivity contribution in [2.45, 2.75) is 12.4 Å². The van der Waals surface area contributed by atoms with Crippen LogP contribution >= 0.6 is 11.3 Å². The number of carbonyl (C=O) groups is 2. The predicted octanol–water partition coefficient (Wildman–Crippen LogP) is 3.77. The first-order chi connectivity index (χ1) is 14.8. The Bertz CT molecular complexity index is 986. The second-order valence-electron chi connectivity index (χ2n) is 6.32. The van der Waals surface area contributed by atoms with Crippen molar-refractivity contribution in [1.82, 2.24) is 10.2 Å². The maximum atomic E-state index is 12.6. The molecular formula is C20H19F3N4O3S. The molecule has 164 valence electrons. The summed E-state index contributed by atoms with van der Waals surface area (Å²) in [6.45, 7) is 0.277. The Morgan fingerprint density at radius 1 is 1.16 bits per heavy atom. The minimum atomic E-state index is -4.78. The molecule has 0 radical (unpaired) electrons. The number of alkyl halides is 3. The first-order valence-electron chi connectivity index (χ1n) is 9.07. The highest BCUT2D eigenvalue weighted by atomic mass is 32.1. The fourth-order valence-corrected chi connectivity index (χ4v) is 3.56. The third kappa shape index (κ3) is 6.01. The number of allylic oxidation sites excluding steroid dienone is 2. The standard InChI is InChI=1S/C20H19F3N4O3S/c1-24-18(28)16-4-2-3-10-27(16)12-25-15-9-11-31-17(15)19(29)26-13-5-7-14(8-6-13)30-20(21,22)23/h2-11,16,25H,12H2,1H3,(H,24,28)(H,26,29). The van der Waals surface area contributed by atoms with E-state index in [0.29, 0.717) is 16.3 Å². The lowest BCUT2D eigenvalue weighted by atomic mass is 10.2. The van der Waals surface area contributed by atoms with E-state index < -0.39 is 18.3 Å².